The monoisotopic (exact) mass is 252 g/mol. The number of rotatable bonds is 2. The minimum atomic E-state index is -0.203. The molecule has 3 atom stereocenters. The molecule has 1 fully saturated rings. The molecule has 0 aromatic heterocycles. The van der Waals surface area contributed by atoms with Crippen LogP contribution < -0.4 is 10.6 Å². The first-order chi connectivity index (χ1) is 8.47. The third-order valence-electron chi connectivity index (χ3n) is 3.26. The van der Waals surface area contributed by atoms with Gasteiger partial charge in [0.25, 0.3) is 0 Å². The second-order valence-electron chi connectivity index (χ2n) is 5.16. The molecule has 0 saturated carbocycles. The van der Waals surface area contributed by atoms with Crippen LogP contribution in [-0.4, -0.2) is 25.3 Å². The Morgan fingerprint density at radius 1 is 1.33 bits per heavy atom. The van der Waals surface area contributed by atoms with Crippen molar-refractivity contribution in [1.29, 1.82) is 0 Å². The Labute approximate surface area is 108 Å². The van der Waals surface area contributed by atoms with Crippen LogP contribution in [0.25, 0.3) is 0 Å². The van der Waals surface area contributed by atoms with Gasteiger partial charge in [-0.2, -0.15) is 0 Å². The number of morpholine rings is 1. The zero-order valence-corrected chi connectivity index (χ0v) is 11.2. The van der Waals surface area contributed by atoms with E-state index >= 15 is 0 Å². The van der Waals surface area contributed by atoms with Gasteiger partial charge < -0.3 is 15.4 Å². The van der Waals surface area contributed by atoms with E-state index in [0.717, 1.165) is 18.7 Å². The molecule has 1 heterocycles. The fourth-order valence-corrected chi connectivity index (χ4v) is 2.44. The van der Waals surface area contributed by atoms with Crippen molar-refractivity contribution in [1.82, 2.24) is 0 Å². The van der Waals surface area contributed by atoms with E-state index in [-0.39, 0.29) is 24.1 Å². The average Bonchev–Trinajstić information content (AvgIpc) is 2.27. The predicted molar refractivity (Wildman–Crippen MR) is 71.2 cm³/mol. The van der Waals surface area contributed by atoms with Gasteiger partial charge in [-0.15, -0.1) is 0 Å². The van der Waals surface area contributed by atoms with E-state index < -0.39 is 0 Å². The summed E-state index contributed by atoms with van der Waals surface area (Å²) in [7, 11) is 0. The van der Waals surface area contributed by atoms with Crippen LogP contribution >= 0.6 is 0 Å². The van der Waals surface area contributed by atoms with Crippen LogP contribution in [0.3, 0.4) is 0 Å². The Bertz CT molecular complexity index is 412. The quantitative estimate of drug-likeness (QED) is 0.878. The maximum absolute atomic E-state index is 14.1. The molecule has 0 radical (unpaired) electrons. The summed E-state index contributed by atoms with van der Waals surface area (Å²) in [6.07, 6.45) is 0.252. The number of nitrogens with two attached hydrogens (primary N) is 1. The first-order valence-electron chi connectivity index (χ1n) is 6.43. The smallest absolute Gasteiger partial charge is 0.146 e. The number of anilines is 1. The molecule has 2 N–H and O–H groups in total. The molecule has 3 nitrogen and oxygen atoms in total. The maximum atomic E-state index is 14.1. The SMILES string of the molecule is C[C@@H]1CN(c2ccc([C@H](C)N)cc2F)C[C@H](C)O1. The van der Waals surface area contributed by atoms with Crippen molar-refractivity contribution in [3.05, 3.63) is 29.6 Å². The van der Waals surface area contributed by atoms with Crippen LogP contribution in [0, 0.1) is 5.82 Å². The lowest BCUT2D eigenvalue weighted by atomic mass is 10.1. The zero-order chi connectivity index (χ0) is 13.3. The summed E-state index contributed by atoms with van der Waals surface area (Å²) in [5, 5.41) is 0. The molecule has 1 aromatic carbocycles. The molecule has 2 rings (SSSR count). The van der Waals surface area contributed by atoms with Gasteiger partial charge in [0.2, 0.25) is 0 Å². The highest BCUT2D eigenvalue weighted by Gasteiger charge is 2.24. The minimum Gasteiger partial charge on any atom is -0.372 e. The van der Waals surface area contributed by atoms with Crippen molar-refractivity contribution < 1.29 is 9.13 Å². The first kappa shape index (κ1) is 13.3. The van der Waals surface area contributed by atoms with Crippen LogP contribution in [0.2, 0.25) is 0 Å². The summed E-state index contributed by atoms with van der Waals surface area (Å²) in [6, 6.07) is 5.10. The Kier molecular flexibility index (Phi) is 3.88. The Morgan fingerprint density at radius 2 is 1.94 bits per heavy atom. The Morgan fingerprint density at radius 3 is 2.44 bits per heavy atom. The van der Waals surface area contributed by atoms with Gasteiger partial charge in [-0.05, 0) is 38.5 Å². The van der Waals surface area contributed by atoms with E-state index in [1.807, 2.05) is 37.8 Å². The lowest BCUT2D eigenvalue weighted by Crippen LogP contribution is -2.45. The topological polar surface area (TPSA) is 38.5 Å². The molecule has 18 heavy (non-hydrogen) atoms. The number of halogens is 1. The highest BCUT2D eigenvalue weighted by Crippen LogP contribution is 2.25. The molecule has 1 aliphatic rings. The van der Waals surface area contributed by atoms with Crippen LogP contribution in [0.1, 0.15) is 32.4 Å². The second-order valence-corrected chi connectivity index (χ2v) is 5.16. The molecule has 1 aromatic rings. The van der Waals surface area contributed by atoms with Gasteiger partial charge in [0.15, 0.2) is 0 Å². The van der Waals surface area contributed by atoms with Crippen molar-refractivity contribution >= 4 is 5.69 Å². The summed E-state index contributed by atoms with van der Waals surface area (Å²) in [5.74, 6) is -0.203. The zero-order valence-electron chi connectivity index (χ0n) is 11.2. The first-order valence-corrected chi connectivity index (χ1v) is 6.43. The predicted octanol–water partition coefficient (Wildman–Crippen LogP) is 2.46. The van der Waals surface area contributed by atoms with Gasteiger partial charge in [-0.3, -0.25) is 0 Å². The van der Waals surface area contributed by atoms with Crippen LogP contribution in [0.15, 0.2) is 18.2 Å². The minimum absolute atomic E-state index is 0.126. The van der Waals surface area contributed by atoms with E-state index in [4.69, 9.17) is 10.5 Å². The molecular weight excluding hydrogens is 231 g/mol. The van der Waals surface area contributed by atoms with Crippen molar-refractivity contribution in [2.24, 2.45) is 5.73 Å². The number of nitrogens with zero attached hydrogens (tertiary/aromatic N) is 1. The lowest BCUT2D eigenvalue weighted by Gasteiger charge is -2.37. The fourth-order valence-electron chi connectivity index (χ4n) is 2.44. The molecular formula is C14H21FN2O. The third kappa shape index (κ3) is 2.82. The van der Waals surface area contributed by atoms with Crippen molar-refractivity contribution in [3.63, 3.8) is 0 Å². The molecule has 0 bridgehead atoms. The summed E-state index contributed by atoms with van der Waals surface area (Å²) in [6.45, 7) is 7.32. The number of hydrogen-bond acceptors (Lipinski definition) is 3. The number of ether oxygens (including phenoxy) is 1. The molecule has 0 amide bonds. The van der Waals surface area contributed by atoms with E-state index in [1.54, 1.807) is 0 Å². The molecule has 4 heteroatoms. The molecule has 100 valence electrons. The van der Waals surface area contributed by atoms with Gasteiger partial charge in [-0.1, -0.05) is 6.07 Å². The summed E-state index contributed by atoms with van der Waals surface area (Å²) < 4.78 is 19.8. The molecule has 1 aliphatic heterocycles. The van der Waals surface area contributed by atoms with Gasteiger partial charge in [0, 0.05) is 19.1 Å². The third-order valence-corrected chi connectivity index (χ3v) is 3.26. The Hall–Kier alpha value is -1.13. The highest BCUT2D eigenvalue weighted by molar-refractivity contribution is 5.50. The number of hydrogen-bond donors (Lipinski definition) is 1. The van der Waals surface area contributed by atoms with Crippen molar-refractivity contribution in [3.8, 4) is 0 Å². The van der Waals surface area contributed by atoms with Crippen molar-refractivity contribution in [2.75, 3.05) is 18.0 Å². The molecule has 0 unspecified atom stereocenters. The van der Waals surface area contributed by atoms with Gasteiger partial charge in [0.1, 0.15) is 5.82 Å². The van der Waals surface area contributed by atoms with Crippen LogP contribution in [-0.2, 0) is 4.74 Å². The highest BCUT2D eigenvalue weighted by atomic mass is 19.1. The molecule has 0 aliphatic carbocycles. The second kappa shape index (κ2) is 5.24. The van der Waals surface area contributed by atoms with E-state index in [9.17, 15) is 4.39 Å². The van der Waals surface area contributed by atoms with E-state index in [1.165, 1.54) is 6.07 Å². The maximum Gasteiger partial charge on any atom is 0.146 e. The Balaban J connectivity index is 2.22. The average molecular weight is 252 g/mol. The van der Waals surface area contributed by atoms with Gasteiger partial charge in [0.05, 0.1) is 17.9 Å². The largest absolute Gasteiger partial charge is 0.372 e. The van der Waals surface area contributed by atoms with Gasteiger partial charge in [-0.25, -0.2) is 4.39 Å². The molecule has 1 saturated heterocycles. The van der Waals surface area contributed by atoms with Crippen LogP contribution in [0.5, 0.6) is 0 Å². The summed E-state index contributed by atoms with van der Waals surface area (Å²) in [4.78, 5) is 2.04. The lowest BCUT2D eigenvalue weighted by molar-refractivity contribution is -0.00539. The summed E-state index contributed by atoms with van der Waals surface area (Å²) >= 11 is 0. The van der Waals surface area contributed by atoms with Crippen molar-refractivity contribution in [2.45, 2.75) is 39.0 Å². The van der Waals surface area contributed by atoms with Gasteiger partial charge >= 0.3 is 0 Å². The molecule has 0 spiro atoms. The summed E-state index contributed by atoms with van der Waals surface area (Å²) in [5.41, 5.74) is 7.22. The normalized spacial score (nSPS) is 26.2. The van der Waals surface area contributed by atoms with E-state index in [0.29, 0.717) is 5.69 Å². The fraction of sp³-hybridized carbons (Fsp3) is 0.571. The number of benzene rings is 1. The van der Waals surface area contributed by atoms with Crippen LogP contribution in [0.4, 0.5) is 10.1 Å². The van der Waals surface area contributed by atoms with E-state index in [2.05, 4.69) is 0 Å². The standard InChI is InChI=1S/C14H21FN2O/c1-9-7-17(8-10(2)18-9)14-5-4-12(11(3)16)6-13(14)15/h4-6,9-11H,7-8,16H2,1-3H3/t9-,10+,11-/m0/s1.